The van der Waals surface area contributed by atoms with Gasteiger partial charge in [-0.05, 0) is 12.8 Å². The van der Waals surface area contributed by atoms with Crippen molar-refractivity contribution in [1.82, 2.24) is 19.5 Å². The second-order valence-corrected chi connectivity index (χ2v) is 7.95. The van der Waals surface area contributed by atoms with E-state index in [1.54, 1.807) is 0 Å². The highest BCUT2D eigenvalue weighted by Gasteiger charge is 2.57. The minimum Gasteiger partial charge on any atom is -0.374 e. The van der Waals surface area contributed by atoms with E-state index >= 15 is 0 Å². The van der Waals surface area contributed by atoms with Crippen molar-refractivity contribution < 1.29 is 28.0 Å². The van der Waals surface area contributed by atoms with Gasteiger partial charge in [-0.15, -0.1) is 0 Å². The number of nitrogens with one attached hydrogen (secondary N) is 1. The lowest BCUT2D eigenvalue weighted by Gasteiger charge is -2.33. The van der Waals surface area contributed by atoms with E-state index < -0.39 is 37.4 Å². The molecular formula is C15H24N5O7P. The Kier molecular flexibility index (Phi) is 5.63. The molecule has 0 bridgehead atoms. The maximum atomic E-state index is 12.1. The molecule has 4 N–H and O–H groups in total. The van der Waals surface area contributed by atoms with Crippen LogP contribution in [0.1, 0.15) is 32.9 Å². The molecule has 1 fully saturated rings. The van der Waals surface area contributed by atoms with E-state index in [2.05, 4.69) is 19.5 Å². The van der Waals surface area contributed by atoms with Crippen LogP contribution in [-0.4, -0.2) is 56.4 Å². The molecule has 156 valence electrons. The summed E-state index contributed by atoms with van der Waals surface area (Å²) in [6.07, 6.45) is -0.240. The number of hydrogen-bond acceptors (Lipinski definition) is 9. The van der Waals surface area contributed by atoms with Gasteiger partial charge in [0.25, 0.3) is 5.56 Å². The van der Waals surface area contributed by atoms with Gasteiger partial charge in [0.15, 0.2) is 17.4 Å². The Morgan fingerprint density at radius 3 is 2.68 bits per heavy atom. The van der Waals surface area contributed by atoms with Crippen molar-refractivity contribution in [3.05, 3.63) is 16.7 Å². The van der Waals surface area contributed by atoms with E-state index in [-0.39, 0.29) is 17.1 Å². The first-order valence-electron chi connectivity index (χ1n) is 8.71. The SMILES string of the molecule is CCC1(CC)O[C@@H](n2cnc3c(=O)[nH]c(N)nc32)C(OC)C1OP(=O)(O)OC. The lowest BCUT2D eigenvalue weighted by molar-refractivity contribution is -0.106. The van der Waals surface area contributed by atoms with Crippen molar-refractivity contribution in [3.8, 4) is 0 Å². The fourth-order valence-electron chi connectivity index (χ4n) is 3.57. The topological polar surface area (TPSA) is 164 Å². The van der Waals surface area contributed by atoms with Crippen molar-refractivity contribution in [2.75, 3.05) is 20.0 Å². The van der Waals surface area contributed by atoms with E-state index in [1.807, 2.05) is 13.8 Å². The lowest BCUT2D eigenvalue weighted by Crippen LogP contribution is -2.44. The number of imidazole rings is 1. The van der Waals surface area contributed by atoms with E-state index in [4.69, 9.17) is 19.7 Å². The second kappa shape index (κ2) is 7.54. The van der Waals surface area contributed by atoms with Gasteiger partial charge >= 0.3 is 7.82 Å². The number of methoxy groups -OCH3 is 1. The standard InChI is InChI=1S/C15H24N5O7P/c1-5-15(6-2)10(27-28(22,23)25-4)9(24-3)13(26-15)20-7-17-8-11(20)18-14(16)19-12(8)21/h7,9-10,13H,5-6H2,1-4H3,(H,22,23)(H3,16,18,19,21)/t9?,10?,13-/m1/s1. The Hall–Kier alpha value is -1.82. The van der Waals surface area contributed by atoms with Gasteiger partial charge in [0.2, 0.25) is 5.95 Å². The van der Waals surface area contributed by atoms with Crippen LogP contribution >= 0.6 is 7.82 Å². The number of fused-ring (bicyclic) bond motifs is 1. The highest BCUT2D eigenvalue weighted by Crippen LogP contribution is 2.53. The van der Waals surface area contributed by atoms with Crippen LogP contribution in [0.4, 0.5) is 5.95 Å². The monoisotopic (exact) mass is 417 g/mol. The van der Waals surface area contributed by atoms with Crippen LogP contribution in [0, 0.1) is 0 Å². The first kappa shape index (κ1) is 20.9. The summed E-state index contributed by atoms with van der Waals surface area (Å²) in [7, 11) is -1.81. The van der Waals surface area contributed by atoms with Crippen LogP contribution in [0.5, 0.6) is 0 Å². The molecule has 3 heterocycles. The molecule has 4 atom stereocenters. The molecule has 3 rings (SSSR count). The molecule has 12 nitrogen and oxygen atoms in total. The highest BCUT2D eigenvalue weighted by atomic mass is 31.2. The van der Waals surface area contributed by atoms with Gasteiger partial charge in [0, 0.05) is 14.2 Å². The summed E-state index contributed by atoms with van der Waals surface area (Å²) in [5.74, 6) is -0.0736. The molecular weight excluding hydrogens is 393 g/mol. The Balaban J connectivity index is 2.12. The molecule has 1 aliphatic rings. The average molecular weight is 417 g/mol. The van der Waals surface area contributed by atoms with Gasteiger partial charge in [0.05, 0.1) is 11.9 Å². The zero-order chi connectivity index (χ0) is 20.7. The van der Waals surface area contributed by atoms with Gasteiger partial charge < -0.3 is 20.1 Å². The Morgan fingerprint density at radius 1 is 1.43 bits per heavy atom. The second-order valence-electron chi connectivity index (χ2n) is 6.43. The van der Waals surface area contributed by atoms with Crippen molar-refractivity contribution in [3.63, 3.8) is 0 Å². The molecule has 2 aromatic heterocycles. The van der Waals surface area contributed by atoms with Gasteiger partial charge in [-0.25, -0.2) is 9.55 Å². The van der Waals surface area contributed by atoms with E-state index in [9.17, 15) is 14.3 Å². The number of rotatable bonds is 7. The van der Waals surface area contributed by atoms with Gasteiger partial charge in [0.1, 0.15) is 12.2 Å². The molecule has 0 aliphatic carbocycles. The Labute approximate surface area is 160 Å². The third kappa shape index (κ3) is 3.36. The van der Waals surface area contributed by atoms with Crippen molar-refractivity contribution >= 4 is 24.9 Å². The van der Waals surface area contributed by atoms with Gasteiger partial charge in [-0.3, -0.25) is 23.4 Å². The number of anilines is 1. The van der Waals surface area contributed by atoms with Crippen LogP contribution in [0.15, 0.2) is 11.1 Å². The smallest absolute Gasteiger partial charge is 0.374 e. The number of hydrogen-bond donors (Lipinski definition) is 3. The van der Waals surface area contributed by atoms with E-state index in [0.29, 0.717) is 12.8 Å². The molecule has 13 heteroatoms. The van der Waals surface area contributed by atoms with Crippen molar-refractivity contribution in [1.29, 1.82) is 0 Å². The van der Waals surface area contributed by atoms with Crippen LogP contribution in [-0.2, 0) is 23.1 Å². The van der Waals surface area contributed by atoms with Crippen molar-refractivity contribution in [2.24, 2.45) is 0 Å². The van der Waals surface area contributed by atoms with Crippen LogP contribution in [0.3, 0.4) is 0 Å². The van der Waals surface area contributed by atoms with Crippen LogP contribution in [0.25, 0.3) is 11.2 Å². The number of phosphoric acid groups is 1. The molecule has 3 unspecified atom stereocenters. The van der Waals surface area contributed by atoms with Gasteiger partial charge in [-0.1, -0.05) is 13.8 Å². The number of aromatic nitrogens is 4. The summed E-state index contributed by atoms with van der Waals surface area (Å²) in [5, 5.41) is 0. The fraction of sp³-hybridized carbons (Fsp3) is 0.667. The highest BCUT2D eigenvalue weighted by molar-refractivity contribution is 7.47. The predicted octanol–water partition coefficient (Wildman–Crippen LogP) is 0.936. The van der Waals surface area contributed by atoms with E-state index in [1.165, 1.54) is 18.0 Å². The summed E-state index contributed by atoms with van der Waals surface area (Å²) in [6, 6.07) is 0. The molecule has 28 heavy (non-hydrogen) atoms. The molecule has 0 amide bonds. The Morgan fingerprint density at radius 2 is 2.11 bits per heavy atom. The van der Waals surface area contributed by atoms with Crippen LogP contribution < -0.4 is 11.3 Å². The zero-order valence-corrected chi connectivity index (χ0v) is 16.9. The third-order valence-corrected chi connectivity index (χ3v) is 6.08. The number of nitrogen functional groups attached to an aromatic ring is 1. The summed E-state index contributed by atoms with van der Waals surface area (Å²) < 4.78 is 35.5. The maximum Gasteiger partial charge on any atom is 0.472 e. The zero-order valence-electron chi connectivity index (χ0n) is 16.0. The molecule has 1 aliphatic heterocycles. The largest absolute Gasteiger partial charge is 0.472 e. The first-order chi connectivity index (χ1) is 13.2. The molecule has 1 saturated heterocycles. The fourth-order valence-corrected chi connectivity index (χ4v) is 4.25. The summed E-state index contributed by atoms with van der Waals surface area (Å²) >= 11 is 0. The normalized spacial score (nSPS) is 26.5. The third-order valence-electron chi connectivity index (χ3n) is 5.12. The Bertz CT molecular complexity index is 956. The summed E-state index contributed by atoms with van der Waals surface area (Å²) in [5.41, 5.74) is 4.52. The molecule has 0 aromatic carbocycles. The van der Waals surface area contributed by atoms with E-state index in [0.717, 1.165) is 7.11 Å². The molecule has 0 saturated carbocycles. The number of ether oxygens (including phenoxy) is 2. The minimum absolute atomic E-state index is 0.0736. The lowest BCUT2D eigenvalue weighted by atomic mass is 9.90. The first-order valence-corrected chi connectivity index (χ1v) is 10.2. The van der Waals surface area contributed by atoms with Crippen molar-refractivity contribution in [2.45, 2.75) is 50.7 Å². The number of nitrogens with two attached hydrogens (primary N) is 1. The molecule has 0 radical (unpaired) electrons. The molecule has 0 spiro atoms. The number of H-pyrrole nitrogens is 1. The summed E-state index contributed by atoms with van der Waals surface area (Å²) in [4.78, 5) is 32.6. The minimum atomic E-state index is -4.32. The predicted molar refractivity (Wildman–Crippen MR) is 98.5 cm³/mol. The van der Waals surface area contributed by atoms with Crippen LogP contribution in [0.2, 0.25) is 0 Å². The average Bonchev–Trinajstić information content (AvgIpc) is 3.20. The number of phosphoric ester groups is 1. The molecule has 2 aromatic rings. The summed E-state index contributed by atoms with van der Waals surface area (Å²) in [6.45, 7) is 3.74. The van der Waals surface area contributed by atoms with Gasteiger partial charge in [-0.2, -0.15) is 4.98 Å². The maximum absolute atomic E-state index is 12.1. The number of aromatic amines is 1. The quantitative estimate of drug-likeness (QED) is 0.552. The number of nitrogens with zero attached hydrogens (tertiary/aromatic N) is 3.